The van der Waals surface area contributed by atoms with Crippen molar-refractivity contribution in [2.24, 2.45) is 0 Å². The van der Waals surface area contributed by atoms with Crippen molar-refractivity contribution in [2.75, 3.05) is 13.6 Å². The third-order valence-corrected chi connectivity index (χ3v) is 3.28. The Labute approximate surface area is 116 Å². The molecule has 0 aliphatic rings. The number of aromatic nitrogens is 1. The van der Waals surface area contributed by atoms with E-state index in [1.165, 1.54) is 0 Å². The minimum Gasteiger partial charge on any atom is -0.481 e. The fourth-order valence-corrected chi connectivity index (χ4v) is 2.20. The number of nitrogens with zero attached hydrogens (tertiary/aromatic N) is 2. The van der Waals surface area contributed by atoms with Crippen molar-refractivity contribution in [1.29, 1.82) is 0 Å². The molecule has 2 aromatic rings. The number of carboxylic acids is 1. The molecule has 100 valence electrons. The highest BCUT2D eigenvalue weighted by molar-refractivity contribution is 6.35. The predicted octanol–water partition coefficient (Wildman–Crippen LogP) is 2.79. The van der Waals surface area contributed by atoms with Crippen molar-refractivity contribution < 1.29 is 9.90 Å². The number of halogens is 1. The van der Waals surface area contributed by atoms with Gasteiger partial charge in [-0.05, 0) is 30.8 Å². The highest BCUT2D eigenvalue weighted by atomic mass is 35.5. The van der Waals surface area contributed by atoms with Crippen LogP contribution in [-0.4, -0.2) is 34.6 Å². The van der Waals surface area contributed by atoms with E-state index in [-0.39, 0.29) is 6.42 Å². The summed E-state index contributed by atoms with van der Waals surface area (Å²) in [4.78, 5) is 16.9. The first-order valence-corrected chi connectivity index (χ1v) is 6.38. The van der Waals surface area contributed by atoms with E-state index >= 15 is 0 Å². The molecule has 0 unspecified atom stereocenters. The van der Waals surface area contributed by atoms with Crippen LogP contribution in [0.3, 0.4) is 0 Å². The molecule has 1 aromatic heterocycles. The van der Waals surface area contributed by atoms with Gasteiger partial charge in [0.1, 0.15) is 0 Å². The number of fused-ring (bicyclic) bond motifs is 1. The zero-order chi connectivity index (χ0) is 13.8. The van der Waals surface area contributed by atoms with Gasteiger partial charge in [-0.1, -0.05) is 17.7 Å². The lowest BCUT2D eigenvalue weighted by Crippen LogP contribution is -2.21. The lowest BCUT2D eigenvalue weighted by atomic mass is 10.1. The molecular formula is C14H15ClN2O2. The van der Waals surface area contributed by atoms with E-state index in [0.717, 1.165) is 16.5 Å². The summed E-state index contributed by atoms with van der Waals surface area (Å²) in [5, 5.41) is 10.3. The average Bonchev–Trinajstić information content (AvgIpc) is 2.40. The fourth-order valence-electron chi connectivity index (χ4n) is 1.98. The molecule has 2 rings (SSSR count). The van der Waals surface area contributed by atoms with Crippen LogP contribution in [-0.2, 0) is 11.3 Å². The summed E-state index contributed by atoms with van der Waals surface area (Å²) in [6, 6.07) is 7.58. The van der Waals surface area contributed by atoms with Gasteiger partial charge in [-0.3, -0.25) is 9.78 Å². The molecule has 0 amide bonds. The van der Waals surface area contributed by atoms with E-state index < -0.39 is 5.97 Å². The molecule has 19 heavy (non-hydrogen) atoms. The Morgan fingerprint density at radius 1 is 1.42 bits per heavy atom. The van der Waals surface area contributed by atoms with Crippen molar-refractivity contribution in [3.05, 3.63) is 41.0 Å². The minimum atomic E-state index is -0.786. The van der Waals surface area contributed by atoms with Crippen molar-refractivity contribution in [3.63, 3.8) is 0 Å². The smallest absolute Gasteiger partial charge is 0.304 e. The number of carboxylic acid groups (broad SMARTS) is 1. The summed E-state index contributed by atoms with van der Waals surface area (Å²) in [5.74, 6) is -0.786. The van der Waals surface area contributed by atoms with Gasteiger partial charge in [0.25, 0.3) is 0 Å². The Morgan fingerprint density at radius 2 is 2.21 bits per heavy atom. The second kappa shape index (κ2) is 5.99. The Balaban J connectivity index is 2.21. The Hall–Kier alpha value is -1.65. The molecule has 4 nitrogen and oxygen atoms in total. The SMILES string of the molecule is CN(CCC(=O)O)Cc1ccc(Cl)c2cccnc12. The van der Waals surface area contributed by atoms with Gasteiger partial charge in [0, 0.05) is 29.7 Å². The van der Waals surface area contributed by atoms with E-state index in [4.69, 9.17) is 16.7 Å². The molecule has 0 radical (unpaired) electrons. The normalized spacial score (nSPS) is 11.1. The van der Waals surface area contributed by atoms with Crippen LogP contribution >= 0.6 is 11.6 Å². The van der Waals surface area contributed by atoms with Crippen LogP contribution in [0.15, 0.2) is 30.5 Å². The van der Waals surface area contributed by atoms with E-state index in [9.17, 15) is 4.79 Å². The molecule has 0 spiro atoms. The molecule has 1 aromatic carbocycles. The molecular weight excluding hydrogens is 264 g/mol. The largest absolute Gasteiger partial charge is 0.481 e. The van der Waals surface area contributed by atoms with Crippen LogP contribution in [0.4, 0.5) is 0 Å². The molecule has 0 bridgehead atoms. The summed E-state index contributed by atoms with van der Waals surface area (Å²) in [5.41, 5.74) is 1.92. The summed E-state index contributed by atoms with van der Waals surface area (Å²) in [6.45, 7) is 1.16. The predicted molar refractivity (Wildman–Crippen MR) is 75.3 cm³/mol. The zero-order valence-electron chi connectivity index (χ0n) is 10.6. The molecule has 0 saturated heterocycles. The Bertz CT molecular complexity index is 601. The van der Waals surface area contributed by atoms with Crippen molar-refractivity contribution in [1.82, 2.24) is 9.88 Å². The van der Waals surface area contributed by atoms with Gasteiger partial charge in [-0.25, -0.2) is 0 Å². The standard InChI is InChI=1S/C14H15ClN2O2/c1-17(8-6-13(18)19)9-10-4-5-12(15)11-3-2-7-16-14(10)11/h2-5,7H,6,8-9H2,1H3,(H,18,19). The van der Waals surface area contributed by atoms with Crippen LogP contribution in [0.25, 0.3) is 10.9 Å². The highest BCUT2D eigenvalue weighted by Crippen LogP contribution is 2.25. The number of carbonyl (C=O) groups is 1. The first kappa shape index (κ1) is 13.8. The Kier molecular flexibility index (Phi) is 4.35. The summed E-state index contributed by atoms with van der Waals surface area (Å²) >= 11 is 6.14. The summed E-state index contributed by atoms with van der Waals surface area (Å²) in [6.07, 6.45) is 1.87. The maximum atomic E-state index is 10.6. The van der Waals surface area contributed by atoms with Crippen LogP contribution in [0, 0.1) is 0 Å². The molecule has 0 saturated carbocycles. The minimum absolute atomic E-state index is 0.134. The quantitative estimate of drug-likeness (QED) is 0.914. The van der Waals surface area contributed by atoms with Crippen LogP contribution in [0.2, 0.25) is 5.02 Å². The highest BCUT2D eigenvalue weighted by Gasteiger charge is 2.09. The number of rotatable bonds is 5. The molecule has 0 atom stereocenters. The van der Waals surface area contributed by atoms with Crippen molar-refractivity contribution in [3.8, 4) is 0 Å². The van der Waals surface area contributed by atoms with Crippen LogP contribution in [0.1, 0.15) is 12.0 Å². The molecule has 5 heteroatoms. The first-order chi connectivity index (χ1) is 9.08. The number of benzene rings is 1. The zero-order valence-corrected chi connectivity index (χ0v) is 11.4. The topological polar surface area (TPSA) is 53.4 Å². The molecule has 0 fully saturated rings. The first-order valence-electron chi connectivity index (χ1n) is 6.00. The van der Waals surface area contributed by atoms with Crippen LogP contribution in [0.5, 0.6) is 0 Å². The molecule has 0 aliphatic heterocycles. The van der Waals surface area contributed by atoms with E-state index in [2.05, 4.69) is 4.98 Å². The summed E-state index contributed by atoms with van der Waals surface area (Å²) < 4.78 is 0. The lowest BCUT2D eigenvalue weighted by Gasteiger charge is -2.16. The van der Waals surface area contributed by atoms with E-state index in [1.807, 2.05) is 36.2 Å². The average molecular weight is 279 g/mol. The lowest BCUT2D eigenvalue weighted by molar-refractivity contribution is -0.137. The number of hydrogen-bond donors (Lipinski definition) is 1. The number of aliphatic carboxylic acids is 1. The third-order valence-electron chi connectivity index (χ3n) is 2.95. The van der Waals surface area contributed by atoms with Crippen LogP contribution < -0.4 is 0 Å². The van der Waals surface area contributed by atoms with Gasteiger partial charge in [-0.2, -0.15) is 0 Å². The van der Waals surface area contributed by atoms with Gasteiger partial charge in [0.2, 0.25) is 0 Å². The molecule has 1 N–H and O–H groups in total. The van der Waals surface area contributed by atoms with Gasteiger partial charge >= 0.3 is 5.97 Å². The summed E-state index contributed by atoms with van der Waals surface area (Å²) in [7, 11) is 1.90. The van der Waals surface area contributed by atoms with E-state index in [1.54, 1.807) is 6.20 Å². The van der Waals surface area contributed by atoms with Gasteiger partial charge < -0.3 is 10.0 Å². The number of hydrogen-bond acceptors (Lipinski definition) is 3. The van der Waals surface area contributed by atoms with Crippen molar-refractivity contribution >= 4 is 28.5 Å². The number of pyridine rings is 1. The Morgan fingerprint density at radius 3 is 2.95 bits per heavy atom. The maximum Gasteiger partial charge on any atom is 0.304 e. The fraction of sp³-hybridized carbons (Fsp3) is 0.286. The van der Waals surface area contributed by atoms with Gasteiger partial charge in [0.15, 0.2) is 0 Å². The third kappa shape index (κ3) is 3.43. The molecule has 0 aliphatic carbocycles. The second-order valence-corrected chi connectivity index (χ2v) is 4.89. The van der Waals surface area contributed by atoms with Gasteiger partial charge in [0.05, 0.1) is 11.9 Å². The van der Waals surface area contributed by atoms with Gasteiger partial charge in [-0.15, -0.1) is 0 Å². The van der Waals surface area contributed by atoms with Crippen molar-refractivity contribution in [2.45, 2.75) is 13.0 Å². The van der Waals surface area contributed by atoms with E-state index in [0.29, 0.717) is 18.1 Å². The second-order valence-electron chi connectivity index (χ2n) is 4.49. The monoisotopic (exact) mass is 278 g/mol. The molecule has 1 heterocycles. The maximum absolute atomic E-state index is 10.6.